The molecule has 20 heavy (non-hydrogen) atoms. The maximum absolute atomic E-state index is 12.4. The van der Waals surface area contributed by atoms with Crippen molar-refractivity contribution in [2.45, 2.75) is 31.9 Å². The lowest BCUT2D eigenvalue weighted by Gasteiger charge is -2.38. The minimum absolute atomic E-state index is 0. The lowest BCUT2D eigenvalue weighted by molar-refractivity contribution is 0.0141. The molecule has 116 valence electrons. The van der Waals surface area contributed by atoms with E-state index < -0.39 is 0 Å². The van der Waals surface area contributed by atoms with Gasteiger partial charge in [-0.05, 0) is 19.8 Å². The normalized spacial score (nSPS) is 21.9. The van der Waals surface area contributed by atoms with Crippen molar-refractivity contribution in [3.63, 3.8) is 0 Å². The maximum atomic E-state index is 12.4. The summed E-state index contributed by atoms with van der Waals surface area (Å²) in [7, 11) is 1.71. The SMILES string of the molecule is COC1CCN(C(=O)c2scnc2C)C(CN)C1.Cl.Cl. The van der Waals surface area contributed by atoms with Crippen molar-refractivity contribution in [3.05, 3.63) is 16.1 Å². The van der Waals surface area contributed by atoms with Gasteiger partial charge in [-0.15, -0.1) is 36.2 Å². The molecule has 1 aliphatic rings. The molecule has 2 unspecified atom stereocenters. The summed E-state index contributed by atoms with van der Waals surface area (Å²) < 4.78 is 5.36. The molecule has 1 aromatic heterocycles. The first-order valence-electron chi connectivity index (χ1n) is 6.11. The molecule has 0 bridgehead atoms. The van der Waals surface area contributed by atoms with E-state index in [1.807, 2.05) is 11.8 Å². The predicted molar refractivity (Wildman–Crippen MR) is 85.3 cm³/mol. The first kappa shape index (κ1) is 19.6. The molecule has 1 saturated heterocycles. The molecule has 0 aromatic carbocycles. The summed E-state index contributed by atoms with van der Waals surface area (Å²) in [5, 5.41) is 0. The molecule has 0 saturated carbocycles. The van der Waals surface area contributed by atoms with Crippen LogP contribution < -0.4 is 5.73 Å². The molecule has 2 atom stereocenters. The molecule has 0 spiro atoms. The Labute approximate surface area is 135 Å². The van der Waals surface area contributed by atoms with E-state index in [1.165, 1.54) is 11.3 Å². The van der Waals surface area contributed by atoms with Gasteiger partial charge in [-0.25, -0.2) is 4.98 Å². The quantitative estimate of drug-likeness (QED) is 0.911. The third-order valence-corrected chi connectivity index (χ3v) is 4.39. The van der Waals surface area contributed by atoms with Crippen LogP contribution in [0.3, 0.4) is 0 Å². The molecular weight excluding hydrogens is 321 g/mol. The van der Waals surface area contributed by atoms with Crippen molar-refractivity contribution in [2.75, 3.05) is 20.2 Å². The van der Waals surface area contributed by atoms with Gasteiger partial charge >= 0.3 is 0 Å². The molecular formula is C12H21Cl2N3O2S. The number of methoxy groups -OCH3 is 1. The predicted octanol–water partition coefficient (Wildman–Crippen LogP) is 1.87. The number of nitrogens with two attached hydrogens (primary N) is 1. The number of carbonyl (C=O) groups excluding carboxylic acids is 1. The number of likely N-dealkylation sites (tertiary alicyclic amines) is 1. The molecule has 2 rings (SSSR count). The Hall–Kier alpha value is -0.400. The molecule has 2 heterocycles. The van der Waals surface area contributed by atoms with Crippen molar-refractivity contribution < 1.29 is 9.53 Å². The number of rotatable bonds is 3. The van der Waals surface area contributed by atoms with Gasteiger partial charge in [0.2, 0.25) is 0 Å². The molecule has 1 aromatic rings. The van der Waals surface area contributed by atoms with Gasteiger partial charge in [-0.3, -0.25) is 4.79 Å². The van der Waals surface area contributed by atoms with E-state index in [4.69, 9.17) is 10.5 Å². The fourth-order valence-electron chi connectivity index (χ4n) is 2.36. The van der Waals surface area contributed by atoms with Crippen molar-refractivity contribution in [1.29, 1.82) is 0 Å². The number of piperidine rings is 1. The molecule has 1 aliphatic heterocycles. The lowest BCUT2D eigenvalue weighted by Crippen LogP contribution is -2.51. The topological polar surface area (TPSA) is 68.5 Å². The number of hydrogen-bond acceptors (Lipinski definition) is 5. The van der Waals surface area contributed by atoms with E-state index in [2.05, 4.69) is 4.98 Å². The third kappa shape index (κ3) is 4.05. The van der Waals surface area contributed by atoms with Gasteiger partial charge in [0.25, 0.3) is 5.91 Å². The number of aromatic nitrogens is 1. The largest absolute Gasteiger partial charge is 0.381 e. The summed E-state index contributed by atoms with van der Waals surface area (Å²) in [5.74, 6) is 0.0556. The molecule has 0 radical (unpaired) electrons. The van der Waals surface area contributed by atoms with E-state index in [0.29, 0.717) is 13.1 Å². The highest BCUT2D eigenvalue weighted by atomic mass is 35.5. The number of thiazole rings is 1. The second kappa shape index (κ2) is 8.79. The second-order valence-electron chi connectivity index (χ2n) is 4.54. The average molecular weight is 342 g/mol. The zero-order valence-electron chi connectivity index (χ0n) is 11.6. The Balaban J connectivity index is 0.00000180. The van der Waals surface area contributed by atoms with E-state index in [-0.39, 0.29) is 42.9 Å². The molecule has 1 fully saturated rings. The number of nitrogens with zero attached hydrogens (tertiary/aromatic N) is 2. The summed E-state index contributed by atoms with van der Waals surface area (Å²) in [5.41, 5.74) is 8.29. The van der Waals surface area contributed by atoms with Crippen LogP contribution in [0.15, 0.2) is 5.51 Å². The fraction of sp³-hybridized carbons (Fsp3) is 0.667. The Morgan fingerprint density at radius 3 is 2.80 bits per heavy atom. The van der Waals surface area contributed by atoms with Crippen LogP contribution in [0.25, 0.3) is 0 Å². The van der Waals surface area contributed by atoms with E-state index in [9.17, 15) is 4.79 Å². The van der Waals surface area contributed by atoms with Crippen LogP contribution in [0.5, 0.6) is 0 Å². The number of aryl methyl sites for hydroxylation is 1. The van der Waals surface area contributed by atoms with Gasteiger partial charge < -0.3 is 15.4 Å². The monoisotopic (exact) mass is 341 g/mol. The van der Waals surface area contributed by atoms with Crippen molar-refractivity contribution >= 4 is 42.1 Å². The van der Waals surface area contributed by atoms with Gasteiger partial charge in [0.1, 0.15) is 4.88 Å². The van der Waals surface area contributed by atoms with Crippen LogP contribution in [0.4, 0.5) is 0 Å². The standard InChI is InChI=1S/C12H19N3O2S.2ClH/c1-8-11(18-7-14-8)12(16)15-4-3-10(17-2)5-9(15)6-13;;/h7,9-10H,3-6,13H2,1-2H3;2*1H. The minimum atomic E-state index is 0. The van der Waals surface area contributed by atoms with Crippen molar-refractivity contribution in [2.24, 2.45) is 5.73 Å². The first-order valence-corrected chi connectivity index (χ1v) is 6.99. The zero-order valence-corrected chi connectivity index (χ0v) is 14.0. The minimum Gasteiger partial charge on any atom is -0.381 e. The Kier molecular flexibility index (Phi) is 8.62. The number of hydrogen-bond donors (Lipinski definition) is 1. The molecule has 0 aliphatic carbocycles. The summed E-state index contributed by atoms with van der Waals surface area (Å²) in [6.45, 7) is 3.04. The lowest BCUT2D eigenvalue weighted by atomic mass is 9.99. The van der Waals surface area contributed by atoms with Crippen LogP contribution in [0.2, 0.25) is 0 Å². The molecule has 2 N–H and O–H groups in total. The highest BCUT2D eigenvalue weighted by Gasteiger charge is 2.32. The van der Waals surface area contributed by atoms with E-state index >= 15 is 0 Å². The van der Waals surface area contributed by atoms with E-state index in [1.54, 1.807) is 12.6 Å². The third-order valence-electron chi connectivity index (χ3n) is 3.47. The highest BCUT2D eigenvalue weighted by Crippen LogP contribution is 2.23. The molecule has 5 nitrogen and oxygen atoms in total. The summed E-state index contributed by atoms with van der Waals surface area (Å²) in [6, 6.07) is 0.0673. The number of amides is 1. The van der Waals surface area contributed by atoms with Gasteiger partial charge in [-0.2, -0.15) is 0 Å². The first-order chi connectivity index (χ1) is 8.67. The zero-order chi connectivity index (χ0) is 13.1. The second-order valence-corrected chi connectivity index (χ2v) is 5.39. The Morgan fingerprint density at radius 1 is 1.60 bits per heavy atom. The number of carbonyl (C=O) groups is 1. The van der Waals surface area contributed by atoms with Gasteiger partial charge in [0, 0.05) is 26.2 Å². The number of ether oxygens (including phenoxy) is 1. The summed E-state index contributed by atoms with van der Waals surface area (Å²) in [6.07, 6.45) is 1.90. The van der Waals surface area contributed by atoms with Gasteiger partial charge in [-0.1, -0.05) is 0 Å². The van der Waals surface area contributed by atoms with Crippen LogP contribution in [0.1, 0.15) is 28.2 Å². The van der Waals surface area contributed by atoms with Crippen molar-refractivity contribution in [1.82, 2.24) is 9.88 Å². The van der Waals surface area contributed by atoms with Crippen LogP contribution in [0, 0.1) is 6.92 Å². The summed E-state index contributed by atoms with van der Waals surface area (Å²) >= 11 is 1.40. The smallest absolute Gasteiger partial charge is 0.266 e. The fourth-order valence-corrected chi connectivity index (χ4v) is 3.11. The average Bonchev–Trinajstić information content (AvgIpc) is 2.83. The van der Waals surface area contributed by atoms with Gasteiger partial charge in [0.05, 0.1) is 17.3 Å². The molecule has 1 amide bonds. The maximum Gasteiger partial charge on any atom is 0.266 e. The van der Waals surface area contributed by atoms with Gasteiger partial charge in [0.15, 0.2) is 0 Å². The Morgan fingerprint density at radius 2 is 2.30 bits per heavy atom. The molecule has 8 heteroatoms. The highest BCUT2D eigenvalue weighted by molar-refractivity contribution is 7.11. The summed E-state index contributed by atoms with van der Waals surface area (Å²) in [4.78, 5) is 19.2. The van der Waals surface area contributed by atoms with Crippen LogP contribution in [-0.2, 0) is 4.74 Å². The van der Waals surface area contributed by atoms with Crippen molar-refractivity contribution in [3.8, 4) is 0 Å². The Bertz CT molecular complexity index is 431. The van der Waals surface area contributed by atoms with Crippen LogP contribution >= 0.6 is 36.2 Å². The van der Waals surface area contributed by atoms with E-state index in [0.717, 1.165) is 23.4 Å². The van der Waals surface area contributed by atoms with Crippen LogP contribution in [-0.4, -0.2) is 48.1 Å². The number of halogens is 2.